The van der Waals surface area contributed by atoms with Gasteiger partial charge in [0.15, 0.2) is 0 Å². The normalized spacial score (nSPS) is 11.5. The molecule has 0 aliphatic carbocycles. The van der Waals surface area contributed by atoms with E-state index < -0.39 is 0 Å². The molecule has 0 aromatic heterocycles. The number of rotatable bonds is 8. The topological polar surface area (TPSA) is 26.3 Å². The number of hydrogen-bond donors (Lipinski definition) is 0. The lowest BCUT2D eigenvalue weighted by Crippen LogP contribution is -2.07. The highest BCUT2D eigenvalue weighted by atomic mass is 16.5. The fourth-order valence-electron chi connectivity index (χ4n) is 1.36. The van der Waals surface area contributed by atoms with Gasteiger partial charge in [-0.3, -0.25) is 0 Å². The van der Waals surface area contributed by atoms with Crippen molar-refractivity contribution in [1.29, 1.82) is 0 Å². The van der Waals surface area contributed by atoms with Gasteiger partial charge >= 0.3 is 5.97 Å². The van der Waals surface area contributed by atoms with Crippen LogP contribution in [0.3, 0.4) is 0 Å². The molecule has 0 fully saturated rings. The first-order valence-corrected chi connectivity index (χ1v) is 6.12. The van der Waals surface area contributed by atoms with Gasteiger partial charge in [-0.2, -0.15) is 0 Å². The lowest BCUT2D eigenvalue weighted by molar-refractivity contribution is -0.138. The summed E-state index contributed by atoms with van der Waals surface area (Å²) in [4.78, 5) is 11.6. The molecule has 0 aliphatic heterocycles. The van der Waals surface area contributed by atoms with Crippen molar-refractivity contribution in [2.24, 2.45) is 0 Å². The Morgan fingerprint density at radius 1 is 1.13 bits per heavy atom. The van der Waals surface area contributed by atoms with E-state index in [0.29, 0.717) is 6.61 Å². The molecule has 0 N–H and O–H groups in total. The summed E-state index contributed by atoms with van der Waals surface area (Å²) in [5.41, 5.74) is 0.868. The Labute approximate surface area is 93.7 Å². The van der Waals surface area contributed by atoms with Crippen molar-refractivity contribution in [3.8, 4) is 0 Å². The third kappa shape index (κ3) is 7.18. The average Bonchev–Trinajstić information content (AvgIpc) is 2.23. The van der Waals surface area contributed by atoms with Gasteiger partial charge in [-0.25, -0.2) is 4.79 Å². The third-order valence-electron chi connectivity index (χ3n) is 2.29. The van der Waals surface area contributed by atoms with Crippen LogP contribution < -0.4 is 0 Å². The van der Waals surface area contributed by atoms with Gasteiger partial charge in [0, 0.05) is 5.57 Å². The van der Waals surface area contributed by atoms with Crippen molar-refractivity contribution in [3.05, 3.63) is 11.6 Å². The van der Waals surface area contributed by atoms with Gasteiger partial charge in [-0.1, -0.05) is 39.2 Å². The van der Waals surface area contributed by atoms with E-state index in [1.54, 1.807) is 0 Å². The number of ether oxygens (including phenoxy) is 1. The van der Waals surface area contributed by atoms with Gasteiger partial charge in [-0.15, -0.1) is 0 Å². The van der Waals surface area contributed by atoms with Crippen LogP contribution in [0.2, 0.25) is 0 Å². The van der Waals surface area contributed by atoms with Crippen molar-refractivity contribution in [1.82, 2.24) is 0 Å². The van der Waals surface area contributed by atoms with Gasteiger partial charge in [0.25, 0.3) is 0 Å². The molecule has 0 radical (unpaired) electrons. The maximum absolute atomic E-state index is 11.6. The second-order valence-corrected chi connectivity index (χ2v) is 3.70. The molecule has 0 heterocycles. The van der Waals surface area contributed by atoms with Crippen LogP contribution >= 0.6 is 0 Å². The maximum Gasteiger partial charge on any atom is 0.333 e. The minimum absolute atomic E-state index is 0.123. The van der Waals surface area contributed by atoms with E-state index >= 15 is 0 Å². The Bertz CT molecular complexity index is 195. The van der Waals surface area contributed by atoms with Crippen LogP contribution in [0.25, 0.3) is 0 Å². The molecule has 0 saturated carbocycles. The monoisotopic (exact) mass is 212 g/mol. The fraction of sp³-hybridized carbons (Fsp3) is 0.769. The molecule has 0 atom stereocenters. The lowest BCUT2D eigenvalue weighted by atomic mass is 10.1. The molecular weight excluding hydrogens is 188 g/mol. The first kappa shape index (κ1) is 14.2. The smallest absolute Gasteiger partial charge is 0.333 e. The first-order chi connectivity index (χ1) is 7.26. The van der Waals surface area contributed by atoms with Crippen molar-refractivity contribution in [3.63, 3.8) is 0 Å². The van der Waals surface area contributed by atoms with Crippen LogP contribution in [0, 0.1) is 0 Å². The highest BCUT2D eigenvalue weighted by molar-refractivity contribution is 5.88. The molecule has 0 aromatic carbocycles. The van der Waals surface area contributed by atoms with Gasteiger partial charge in [-0.05, 0) is 26.2 Å². The first-order valence-electron chi connectivity index (χ1n) is 6.12. The fourth-order valence-corrected chi connectivity index (χ4v) is 1.36. The average molecular weight is 212 g/mol. The quantitative estimate of drug-likeness (QED) is 0.347. The van der Waals surface area contributed by atoms with Crippen molar-refractivity contribution >= 4 is 5.97 Å². The number of unbranched alkanes of at least 4 members (excludes halogenated alkanes) is 3. The Morgan fingerprint density at radius 2 is 1.80 bits per heavy atom. The third-order valence-corrected chi connectivity index (χ3v) is 2.29. The van der Waals surface area contributed by atoms with Crippen molar-refractivity contribution in [2.75, 3.05) is 6.61 Å². The van der Waals surface area contributed by atoms with Crippen LogP contribution in [0.5, 0.6) is 0 Å². The summed E-state index contributed by atoms with van der Waals surface area (Å²) in [6, 6.07) is 0. The number of hydrogen-bond acceptors (Lipinski definition) is 2. The van der Waals surface area contributed by atoms with E-state index in [1.807, 2.05) is 6.92 Å². The van der Waals surface area contributed by atoms with E-state index in [-0.39, 0.29) is 5.97 Å². The Balaban J connectivity index is 4.15. The van der Waals surface area contributed by atoms with Crippen LogP contribution in [0.1, 0.15) is 59.3 Å². The van der Waals surface area contributed by atoms with E-state index in [0.717, 1.165) is 37.7 Å². The number of esters is 1. The molecule has 2 heteroatoms. The molecule has 0 aliphatic rings. The van der Waals surface area contributed by atoms with E-state index in [4.69, 9.17) is 4.74 Å². The summed E-state index contributed by atoms with van der Waals surface area (Å²) < 4.78 is 5.02. The van der Waals surface area contributed by atoms with Crippen LogP contribution in [0.4, 0.5) is 0 Å². The Hall–Kier alpha value is -0.790. The molecule has 0 saturated heterocycles. The lowest BCUT2D eigenvalue weighted by Gasteiger charge is -2.06. The van der Waals surface area contributed by atoms with E-state index in [2.05, 4.69) is 19.9 Å². The van der Waals surface area contributed by atoms with Crippen LogP contribution in [-0.2, 0) is 9.53 Å². The second-order valence-electron chi connectivity index (χ2n) is 3.70. The molecule has 0 bridgehead atoms. The second kappa shape index (κ2) is 9.75. The molecule has 0 spiro atoms. The predicted molar refractivity (Wildman–Crippen MR) is 63.8 cm³/mol. The van der Waals surface area contributed by atoms with Crippen molar-refractivity contribution in [2.45, 2.75) is 59.3 Å². The minimum atomic E-state index is -0.123. The molecule has 2 nitrogen and oxygen atoms in total. The highest BCUT2D eigenvalue weighted by Gasteiger charge is 2.08. The van der Waals surface area contributed by atoms with Crippen LogP contribution in [0.15, 0.2) is 11.6 Å². The molecule has 15 heavy (non-hydrogen) atoms. The Morgan fingerprint density at radius 3 is 2.33 bits per heavy atom. The summed E-state index contributed by atoms with van der Waals surface area (Å²) in [6.45, 7) is 6.61. The molecule has 0 aromatic rings. The largest absolute Gasteiger partial charge is 0.463 e. The maximum atomic E-state index is 11.6. The van der Waals surface area contributed by atoms with Gasteiger partial charge < -0.3 is 4.74 Å². The molecule has 0 unspecified atom stereocenters. The standard InChI is InChI=1S/C13H24O2/c1-4-7-9-11-12(10-8-5-2)13(14)15-6-3/h11H,4-10H2,1-3H3/b12-11-. The summed E-state index contributed by atoms with van der Waals surface area (Å²) in [7, 11) is 0. The Kier molecular flexibility index (Phi) is 9.24. The zero-order valence-corrected chi connectivity index (χ0v) is 10.3. The van der Waals surface area contributed by atoms with E-state index in [9.17, 15) is 4.79 Å². The predicted octanol–water partition coefficient (Wildman–Crippen LogP) is 3.86. The summed E-state index contributed by atoms with van der Waals surface area (Å²) in [5, 5.41) is 0. The number of allylic oxidation sites excluding steroid dienone is 1. The van der Waals surface area contributed by atoms with Gasteiger partial charge in [0.05, 0.1) is 6.61 Å². The molecule has 88 valence electrons. The molecular formula is C13H24O2. The SMILES string of the molecule is CCCC/C=C(/CCCC)C(=O)OCC. The van der Waals surface area contributed by atoms with Crippen molar-refractivity contribution < 1.29 is 9.53 Å². The van der Waals surface area contributed by atoms with E-state index in [1.165, 1.54) is 6.42 Å². The van der Waals surface area contributed by atoms with Crippen LogP contribution in [-0.4, -0.2) is 12.6 Å². The molecule has 0 amide bonds. The zero-order valence-electron chi connectivity index (χ0n) is 10.3. The minimum Gasteiger partial charge on any atom is -0.463 e. The summed E-state index contributed by atoms with van der Waals surface area (Å²) in [6.07, 6.45) is 8.40. The van der Waals surface area contributed by atoms with Gasteiger partial charge in [0.2, 0.25) is 0 Å². The highest BCUT2D eigenvalue weighted by Crippen LogP contribution is 2.11. The van der Waals surface area contributed by atoms with Gasteiger partial charge in [0.1, 0.15) is 0 Å². The number of carbonyl (C=O) groups is 1. The summed E-state index contributed by atoms with van der Waals surface area (Å²) >= 11 is 0. The summed E-state index contributed by atoms with van der Waals surface area (Å²) in [5.74, 6) is -0.123. The zero-order chi connectivity index (χ0) is 11.5. The number of carbonyl (C=O) groups excluding carboxylic acids is 1. The molecule has 0 rings (SSSR count).